The second-order valence-electron chi connectivity index (χ2n) is 5.67. The SMILES string of the molecule is CCCNc1nc(C2(OCC)CCCC2)nc(C)c1C. The monoisotopic (exact) mass is 277 g/mol. The molecule has 0 bridgehead atoms. The fourth-order valence-corrected chi connectivity index (χ4v) is 2.90. The van der Waals surface area contributed by atoms with E-state index in [1.54, 1.807) is 0 Å². The predicted molar refractivity (Wildman–Crippen MR) is 82.1 cm³/mol. The quantitative estimate of drug-likeness (QED) is 0.861. The zero-order valence-corrected chi connectivity index (χ0v) is 13.3. The first-order valence-electron chi connectivity index (χ1n) is 7.86. The maximum absolute atomic E-state index is 6.08. The van der Waals surface area contributed by atoms with Crippen molar-refractivity contribution in [2.45, 2.75) is 65.4 Å². The zero-order chi connectivity index (χ0) is 14.6. The highest BCUT2D eigenvalue weighted by Gasteiger charge is 2.39. The molecule has 1 aliphatic rings. The van der Waals surface area contributed by atoms with Crippen LogP contribution in [0, 0.1) is 13.8 Å². The number of aromatic nitrogens is 2. The first kappa shape index (κ1) is 15.2. The molecular weight excluding hydrogens is 250 g/mol. The molecule has 1 aromatic heterocycles. The van der Waals surface area contributed by atoms with Gasteiger partial charge in [0.05, 0.1) is 0 Å². The van der Waals surface area contributed by atoms with Crippen LogP contribution in [0.1, 0.15) is 63.0 Å². The summed E-state index contributed by atoms with van der Waals surface area (Å²) in [7, 11) is 0. The summed E-state index contributed by atoms with van der Waals surface area (Å²) in [6.45, 7) is 10.0. The average molecular weight is 277 g/mol. The molecule has 0 saturated heterocycles. The summed E-state index contributed by atoms with van der Waals surface area (Å²) in [6.07, 6.45) is 5.57. The van der Waals surface area contributed by atoms with E-state index in [9.17, 15) is 0 Å². The molecule has 1 aliphatic carbocycles. The normalized spacial score (nSPS) is 17.4. The second kappa shape index (κ2) is 6.53. The van der Waals surface area contributed by atoms with Crippen LogP contribution in [0.3, 0.4) is 0 Å². The summed E-state index contributed by atoms with van der Waals surface area (Å²) in [5.41, 5.74) is 1.95. The van der Waals surface area contributed by atoms with Gasteiger partial charge in [0.1, 0.15) is 11.4 Å². The topological polar surface area (TPSA) is 47.0 Å². The molecule has 0 radical (unpaired) electrons. The highest BCUT2D eigenvalue weighted by Crippen LogP contribution is 2.41. The van der Waals surface area contributed by atoms with Crippen molar-refractivity contribution in [2.24, 2.45) is 0 Å². The molecule has 4 nitrogen and oxygen atoms in total. The maximum atomic E-state index is 6.08. The number of hydrogen-bond acceptors (Lipinski definition) is 4. The van der Waals surface area contributed by atoms with E-state index in [0.717, 1.165) is 48.7 Å². The van der Waals surface area contributed by atoms with E-state index in [0.29, 0.717) is 6.61 Å². The van der Waals surface area contributed by atoms with Gasteiger partial charge in [-0.15, -0.1) is 0 Å². The van der Waals surface area contributed by atoms with Gasteiger partial charge in [-0.05, 0) is 52.9 Å². The number of hydrogen-bond donors (Lipinski definition) is 1. The number of aryl methyl sites for hydroxylation is 1. The predicted octanol–water partition coefficient (Wildman–Crippen LogP) is 3.72. The molecule has 1 fully saturated rings. The minimum atomic E-state index is -0.254. The summed E-state index contributed by atoms with van der Waals surface area (Å²) in [4.78, 5) is 9.53. The van der Waals surface area contributed by atoms with Crippen molar-refractivity contribution in [3.8, 4) is 0 Å². The summed E-state index contributed by atoms with van der Waals surface area (Å²) < 4.78 is 6.08. The van der Waals surface area contributed by atoms with Crippen molar-refractivity contribution in [1.82, 2.24) is 9.97 Å². The summed E-state index contributed by atoms with van der Waals surface area (Å²) >= 11 is 0. The van der Waals surface area contributed by atoms with Crippen LogP contribution in [0.4, 0.5) is 5.82 Å². The lowest BCUT2D eigenvalue weighted by atomic mass is 10.0. The van der Waals surface area contributed by atoms with Gasteiger partial charge in [0.25, 0.3) is 0 Å². The van der Waals surface area contributed by atoms with Crippen molar-refractivity contribution >= 4 is 5.82 Å². The van der Waals surface area contributed by atoms with Crippen molar-refractivity contribution < 1.29 is 4.74 Å². The molecule has 1 N–H and O–H groups in total. The minimum absolute atomic E-state index is 0.254. The molecule has 4 heteroatoms. The Kier molecular flexibility index (Phi) is 4.97. The number of nitrogens with one attached hydrogen (secondary N) is 1. The minimum Gasteiger partial charge on any atom is -0.370 e. The van der Waals surface area contributed by atoms with E-state index in [2.05, 4.69) is 33.0 Å². The molecule has 0 atom stereocenters. The molecule has 20 heavy (non-hydrogen) atoms. The number of ether oxygens (including phenoxy) is 1. The van der Waals surface area contributed by atoms with Gasteiger partial charge >= 0.3 is 0 Å². The molecule has 1 aromatic rings. The molecule has 112 valence electrons. The van der Waals surface area contributed by atoms with Gasteiger partial charge in [0.2, 0.25) is 0 Å². The molecule has 1 heterocycles. The van der Waals surface area contributed by atoms with E-state index >= 15 is 0 Å². The Hall–Kier alpha value is -1.16. The van der Waals surface area contributed by atoms with Gasteiger partial charge in [-0.1, -0.05) is 6.92 Å². The van der Waals surface area contributed by atoms with Gasteiger partial charge in [0, 0.05) is 24.4 Å². The molecule has 1 saturated carbocycles. The van der Waals surface area contributed by atoms with Gasteiger partial charge < -0.3 is 10.1 Å². The Labute approximate surface area is 122 Å². The third kappa shape index (κ3) is 2.95. The van der Waals surface area contributed by atoms with Gasteiger partial charge in [-0.3, -0.25) is 0 Å². The number of anilines is 1. The van der Waals surface area contributed by atoms with Crippen LogP contribution in [-0.4, -0.2) is 23.1 Å². The van der Waals surface area contributed by atoms with Crippen LogP contribution in [0.2, 0.25) is 0 Å². The zero-order valence-electron chi connectivity index (χ0n) is 13.3. The first-order valence-corrected chi connectivity index (χ1v) is 7.86. The van der Waals surface area contributed by atoms with E-state index in [1.165, 1.54) is 12.8 Å². The second-order valence-corrected chi connectivity index (χ2v) is 5.67. The average Bonchev–Trinajstić information content (AvgIpc) is 2.90. The summed E-state index contributed by atoms with van der Waals surface area (Å²) in [5.74, 6) is 1.85. The third-order valence-corrected chi connectivity index (χ3v) is 4.17. The van der Waals surface area contributed by atoms with Gasteiger partial charge in [-0.2, -0.15) is 0 Å². The Bertz CT molecular complexity index is 453. The van der Waals surface area contributed by atoms with E-state index in [1.807, 2.05) is 0 Å². The molecular formula is C16H27N3O. The Morgan fingerprint density at radius 1 is 1.15 bits per heavy atom. The lowest BCUT2D eigenvalue weighted by molar-refractivity contribution is -0.0457. The fourth-order valence-electron chi connectivity index (χ4n) is 2.90. The van der Waals surface area contributed by atoms with Crippen LogP contribution in [-0.2, 0) is 10.3 Å². The van der Waals surface area contributed by atoms with Crippen molar-refractivity contribution in [2.75, 3.05) is 18.5 Å². The Morgan fingerprint density at radius 2 is 1.85 bits per heavy atom. The van der Waals surface area contributed by atoms with Crippen LogP contribution in [0.15, 0.2) is 0 Å². The molecule has 0 aliphatic heterocycles. The van der Waals surface area contributed by atoms with Crippen LogP contribution in [0.25, 0.3) is 0 Å². The largest absolute Gasteiger partial charge is 0.370 e. The standard InChI is InChI=1S/C16H27N3O/c1-5-11-17-14-12(3)13(4)18-15(19-14)16(20-6-2)9-7-8-10-16/h5-11H2,1-4H3,(H,17,18,19). The summed E-state index contributed by atoms with van der Waals surface area (Å²) in [6, 6.07) is 0. The van der Waals surface area contributed by atoms with Gasteiger partial charge in [0.15, 0.2) is 5.82 Å². The lowest BCUT2D eigenvalue weighted by Crippen LogP contribution is -2.30. The highest BCUT2D eigenvalue weighted by molar-refractivity contribution is 5.46. The lowest BCUT2D eigenvalue weighted by Gasteiger charge is -2.28. The summed E-state index contributed by atoms with van der Waals surface area (Å²) in [5, 5.41) is 3.42. The molecule has 0 unspecified atom stereocenters. The van der Waals surface area contributed by atoms with E-state index in [-0.39, 0.29) is 5.60 Å². The van der Waals surface area contributed by atoms with Crippen LogP contribution >= 0.6 is 0 Å². The number of rotatable bonds is 6. The first-order chi connectivity index (χ1) is 9.63. The van der Waals surface area contributed by atoms with E-state index in [4.69, 9.17) is 14.7 Å². The van der Waals surface area contributed by atoms with Crippen LogP contribution in [0.5, 0.6) is 0 Å². The maximum Gasteiger partial charge on any atom is 0.162 e. The Balaban J connectivity index is 2.37. The molecule has 2 rings (SSSR count). The number of nitrogens with zero attached hydrogens (tertiary/aromatic N) is 2. The smallest absolute Gasteiger partial charge is 0.162 e. The van der Waals surface area contributed by atoms with Crippen LogP contribution < -0.4 is 5.32 Å². The molecule has 0 amide bonds. The van der Waals surface area contributed by atoms with Gasteiger partial charge in [-0.25, -0.2) is 9.97 Å². The van der Waals surface area contributed by atoms with Crippen molar-refractivity contribution in [1.29, 1.82) is 0 Å². The molecule has 0 spiro atoms. The van der Waals surface area contributed by atoms with E-state index < -0.39 is 0 Å². The Morgan fingerprint density at radius 3 is 2.45 bits per heavy atom. The fraction of sp³-hybridized carbons (Fsp3) is 0.750. The van der Waals surface area contributed by atoms with Crippen molar-refractivity contribution in [3.63, 3.8) is 0 Å². The molecule has 0 aromatic carbocycles. The highest BCUT2D eigenvalue weighted by atomic mass is 16.5. The van der Waals surface area contributed by atoms with Crippen molar-refractivity contribution in [3.05, 3.63) is 17.1 Å². The third-order valence-electron chi connectivity index (χ3n) is 4.17.